The zero-order valence-electron chi connectivity index (χ0n) is 23.5. The van der Waals surface area contributed by atoms with Gasteiger partial charge in [-0.1, -0.05) is 38.4 Å². The molecule has 0 radical (unpaired) electrons. The number of aromatic nitrogens is 3. The van der Waals surface area contributed by atoms with Crippen LogP contribution in [0.2, 0.25) is 5.02 Å². The number of nitrogens with zero attached hydrogens (tertiary/aromatic N) is 3. The maximum Gasteiger partial charge on any atom is 0.263 e. The summed E-state index contributed by atoms with van der Waals surface area (Å²) in [6, 6.07) is 9.56. The highest BCUT2D eigenvalue weighted by atomic mass is 35.5. The fraction of sp³-hybridized carbons (Fsp3) is 0.310. The van der Waals surface area contributed by atoms with E-state index in [0.717, 1.165) is 31.0 Å². The summed E-state index contributed by atoms with van der Waals surface area (Å²) in [7, 11) is -2.90. The third-order valence-corrected chi connectivity index (χ3v) is 8.73. The number of methoxy groups -OCH3 is 1. The number of rotatable bonds is 11. The van der Waals surface area contributed by atoms with Gasteiger partial charge in [0, 0.05) is 24.3 Å². The number of hydrogen-bond acceptors (Lipinski definition) is 7. The van der Waals surface area contributed by atoms with E-state index in [1.807, 2.05) is 13.8 Å². The predicted octanol–water partition coefficient (Wildman–Crippen LogP) is 5.00. The van der Waals surface area contributed by atoms with Crippen molar-refractivity contribution in [3.63, 3.8) is 0 Å². The summed E-state index contributed by atoms with van der Waals surface area (Å²) in [5, 5.41) is 3.04. The fourth-order valence-electron chi connectivity index (χ4n) is 4.42. The Labute approximate surface area is 248 Å². The number of halogens is 2. The predicted molar refractivity (Wildman–Crippen MR) is 160 cm³/mol. The average Bonchev–Trinajstić information content (AvgIpc) is 2.96. The summed E-state index contributed by atoms with van der Waals surface area (Å²) in [6.07, 6.45) is 4.53. The SMILES string of the molecule is CCC(CC)NC(=O)C(C)Cn1cnc2ccc(-c3cnc(OC)c(NS(=O)(=O)c4ccc(F)cc4Cl)c3)cc2c1=O. The maximum atomic E-state index is 13.5. The number of nitrogens with one attached hydrogen (secondary N) is 2. The van der Waals surface area contributed by atoms with Gasteiger partial charge in [-0.25, -0.2) is 22.8 Å². The quantitative estimate of drug-likeness (QED) is 0.243. The van der Waals surface area contributed by atoms with Crippen LogP contribution in [-0.2, 0) is 21.4 Å². The minimum atomic E-state index is -4.23. The van der Waals surface area contributed by atoms with Crippen molar-refractivity contribution in [1.82, 2.24) is 19.9 Å². The van der Waals surface area contributed by atoms with Gasteiger partial charge in [0.15, 0.2) is 0 Å². The van der Waals surface area contributed by atoms with Gasteiger partial charge in [-0.05, 0) is 54.8 Å². The molecule has 1 atom stereocenters. The lowest BCUT2D eigenvalue weighted by Gasteiger charge is -2.19. The van der Waals surface area contributed by atoms with E-state index >= 15 is 0 Å². The van der Waals surface area contributed by atoms with Gasteiger partial charge in [-0.2, -0.15) is 0 Å². The smallest absolute Gasteiger partial charge is 0.263 e. The molecule has 4 aromatic rings. The maximum absolute atomic E-state index is 13.5. The Morgan fingerprint density at radius 1 is 1.10 bits per heavy atom. The van der Waals surface area contributed by atoms with E-state index in [4.69, 9.17) is 16.3 Å². The Hall–Kier alpha value is -4.03. The van der Waals surface area contributed by atoms with Crippen molar-refractivity contribution in [3.05, 3.63) is 76.2 Å². The van der Waals surface area contributed by atoms with Crippen LogP contribution in [0.5, 0.6) is 5.88 Å². The van der Waals surface area contributed by atoms with E-state index in [0.29, 0.717) is 22.0 Å². The van der Waals surface area contributed by atoms with Gasteiger partial charge < -0.3 is 10.1 Å². The highest BCUT2D eigenvalue weighted by Crippen LogP contribution is 2.32. The second-order valence-corrected chi connectivity index (χ2v) is 11.9. The molecule has 13 heteroatoms. The minimum Gasteiger partial charge on any atom is -0.480 e. The van der Waals surface area contributed by atoms with Crippen molar-refractivity contribution in [1.29, 1.82) is 0 Å². The van der Waals surface area contributed by atoms with E-state index in [2.05, 4.69) is 20.0 Å². The van der Waals surface area contributed by atoms with Gasteiger partial charge in [-0.15, -0.1) is 0 Å². The van der Waals surface area contributed by atoms with Crippen LogP contribution in [0.4, 0.5) is 10.1 Å². The molecule has 0 aliphatic rings. The van der Waals surface area contributed by atoms with Crippen LogP contribution in [0, 0.1) is 11.7 Å². The molecule has 0 saturated heterocycles. The summed E-state index contributed by atoms with van der Waals surface area (Å²) in [4.78, 5) is 34.3. The molecule has 10 nitrogen and oxygen atoms in total. The summed E-state index contributed by atoms with van der Waals surface area (Å²) in [6.45, 7) is 5.92. The van der Waals surface area contributed by atoms with Crippen LogP contribution in [-0.4, -0.2) is 42.0 Å². The molecule has 1 amide bonds. The van der Waals surface area contributed by atoms with Gasteiger partial charge in [-0.3, -0.25) is 18.9 Å². The number of sulfonamides is 1. The molecule has 2 aromatic carbocycles. The molecule has 2 heterocycles. The number of anilines is 1. The largest absolute Gasteiger partial charge is 0.480 e. The summed E-state index contributed by atoms with van der Waals surface area (Å²) >= 11 is 5.98. The van der Waals surface area contributed by atoms with Gasteiger partial charge in [0.2, 0.25) is 11.8 Å². The number of ether oxygens (including phenoxy) is 1. The lowest BCUT2D eigenvalue weighted by Crippen LogP contribution is -2.39. The van der Waals surface area contributed by atoms with Crippen LogP contribution >= 0.6 is 11.6 Å². The second kappa shape index (κ2) is 12.9. The molecule has 0 saturated carbocycles. The van der Waals surface area contributed by atoms with E-state index in [-0.39, 0.29) is 45.5 Å². The fourth-order valence-corrected chi connectivity index (χ4v) is 6.00. The van der Waals surface area contributed by atoms with E-state index < -0.39 is 21.8 Å². The molecule has 4 rings (SSSR count). The third-order valence-electron chi connectivity index (χ3n) is 6.88. The summed E-state index contributed by atoms with van der Waals surface area (Å²) < 4.78 is 48.6. The van der Waals surface area contributed by atoms with Crippen molar-refractivity contribution in [3.8, 4) is 17.0 Å². The van der Waals surface area contributed by atoms with E-state index in [1.54, 1.807) is 25.1 Å². The van der Waals surface area contributed by atoms with Crippen LogP contribution in [0.3, 0.4) is 0 Å². The Kier molecular flexibility index (Phi) is 9.47. The van der Waals surface area contributed by atoms with Crippen molar-refractivity contribution in [2.45, 2.75) is 51.1 Å². The Morgan fingerprint density at radius 3 is 2.50 bits per heavy atom. The molecule has 0 fully saturated rings. The number of carbonyl (C=O) groups excluding carboxylic acids is 1. The number of amides is 1. The van der Waals surface area contributed by atoms with Crippen LogP contribution in [0.1, 0.15) is 33.6 Å². The zero-order chi connectivity index (χ0) is 30.6. The minimum absolute atomic E-state index is 0.00831. The first-order valence-electron chi connectivity index (χ1n) is 13.3. The molecule has 2 aromatic heterocycles. The first-order chi connectivity index (χ1) is 20.0. The molecular formula is C29H31ClFN5O5S. The number of benzene rings is 2. The number of hydrogen-bond donors (Lipinski definition) is 2. The number of fused-ring (bicyclic) bond motifs is 1. The molecule has 0 aliphatic heterocycles. The normalized spacial score (nSPS) is 12.4. The van der Waals surface area contributed by atoms with Crippen molar-refractivity contribution < 1.29 is 22.3 Å². The highest BCUT2D eigenvalue weighted by molar-refractivity contribution is 7.92. The number of carbonyl (C=O) groups is 1. The van der Waals surface area contributed by atoms with Crippen LogP contribution in [0.25, 0.3) is 22.0 Å². The van der Waals surface area contributed by atoms with Gasteiger partial charge in [0.25, 0.3) is 15.6 Å². The zero-order valence-corrected chi connectivity index (χ0v) is 25.1. The average molecular weight is 616 g/mol. The Bertz CT molecular complexity index is 1790. The topological polar surface area (TPSA) is 132 Å². The molecule has 1 unspecified atom stereocenters. The standard InChI is InChI=1S/C29H31ClFN5O5S/c1-5-21(6-2)34-27(37)17(3)15-36-16-33-24-9-7-18(11-22(24)29(36)38)19-12-25(28(41-4)32-14-19)35-42(39,40)26-10-8-20(31)13-23(26)30/h7-14,16-17,21,35H,5-6,15H2,1-4H3,(H,34,37). The Balaban J connectivity index is 1.66. The monoisotopic (exact) mass is 615 g/mol. The lowest BCUT2D eigenvalue weighted by atomic mass is 10.0. The van der Waals surface area contributed by atoms with E-state index in [9.17, 15) is 22.4 Å². The molecule has 0 spiro atoms. The third kappa shape index (κ3) is 6.71. The summed E-state index contributed by atoms with van der Waals surface area (Å²) in [5.74, 6) is -1.28. The van der Waals surface area contributed by atoms with Gasteiger partial charge in [0.05, 0.1) is 35.3 Å². The van der Waals surface area contributed by atoms with E-state index in [1.165, 1.54) is 30.3 Å². The van der Waals surface area contributed by atoms with Gasteiger partial charge in [0.1, 0.15) is 16.4 Å². The first-order valence-corrected chi connectivity index (χ1v) is 15.1. The number of pyridine rings is 1. The molecule has 0 bridgehead atoms. The van der Waals surface area contributed by atoms with Crippen molar-refractivity contribution in [2.75, 3.05) is 11.8 Å². The second-order valence-electron chi connectivity index (χ2n) is 9.82. The molecular weight excluding hydrogens is 585 g/mol. The Morgan fingerprint density at radius 2 is 1.83 bits per heavy atom. The molecule has 0 aliphatic carbocycles. The lowest BCUT2D eigenvalue weighted by molar-refractivity contribution is -0.125. The van der Waals surface area contributed by atoms with Crippen molar-refractivity contribution in [2.24, 2.45) is 5.92 Å². The van der Waals surface area contributed by atoms with Gasteiger partial charge >= 0.3 is 0 Å². The molecule has 222 valence electrons. The molecule has 2 N–H and O–H groups in total. The highest BCUT2D eigenvalue weighted by Gasteiger charge is 2.22. The summed E-state index contributed by atoms with van der Waals surface area (Å²) in [5.41, 5.74) is 1.19. The van der Waals surface area contributed by atoms with Crippen LogP contribution < -0.4 is 20.3 Å². The van der Waals surface area contributed by atoms with Crippen molar-refractivity contribution >= 4 is 44.1 Å². The first kappa shape index (κ1) is 30.9. The molecule has 42 heavy (non-hydrogen) atoms. The van der Waals surface area contributed by atoms with Crippen LogP contribution in [0.15, 0.2) is 64.7 Å².